The molecule has 0 radical (unpaired) electrons. The van der Waals surface area contributed by atoms with Crippen LogP contribution in [0.4, 0.5) is 5.82 Å². The molecular weight excluding hydrogens is 472 g/mol. The van der Waals surface area contributed by atoms with Gasteiger partial charge < -0.3 is 14.5 Å². The minimum Gasteiger partial charge on any atom is -0.381 e. The summed E-state index contributed by atoms with van der Waals surface area (Å²) in [6.07, 6.45) is 15.6. The van der Waals surface area contributed by atoms with Crippen LogP contribution in [0.25, 0.3) is 0 Å². The summed E-state index contributed by atoms with van der Waals surface area (Å²) in [5.74, 6) is 5.91. The van der Waals surface area contributed by atoms with E-state index in [0.29, 0.717) is 46.5 Å². The van der Waals surface area contributed by atoms with Crippen molar-refractivity contribution in [3.63, 3.8) is 0 Å². The number of anilines is 1. The maximum atomic E-state index is 13.5. The van der Waals surface area contributed by atoms with Crippen LogP contribution in [0.2, 0.25) is 0 Å². The number of hydrogen-bond donors (Lipinski definition) is 0. The van der Waals surface area contributed by atoms with Gasteiger partial charge in [0, 0.05) is 51.3 Å². The highest BCUT2D eigenvalue weighted by Crippen LogP contribution is 2.82. The summed E-state index contributed by atoms with van der Waals surface area (Å²) < 4.78 is 6.31. The van der Waals surface area contributed by atoms with Gasteiger partial charge in [0.2, 0.25) is 5.91 Å². The Hall–Kier alpha value is -1.69. The van der Waals surface area contributed by atoms with Crippen LogP contribution >= 0.6 is 0 Å². The van der Waals surface area contributed by atoms with Crippen molar-refractivity contribution >= 4 is 11.7 Å². The molecule has 208 valence electrons. The van der Waals surface area contributed by atoms with Crippen molar-refractivity contribution in [2.45, 2.75) is 84.7 Å². The van der Waals surface area contributed by atoms with Gasteiger partial charge in [-0.1, -0.05) is 20.8 Å². The van der Waals surface area contributed by atoms with Gasteiger partial charge in [0.05, 0.1) is 6.10 Å². The molecule has 1 spiro atoms. The first-order chi connectivity index (χ1) is 18.3. The number of ether oxygens (including phenoxy) is 1. The van der Waals surface area contributed by atoms with E-state index in [2.05, 4.69) is 40.5 Å². The molecule has 5 saturated carbocycles. The molecule has 1 aromatic heterocycles. The van der Waals surface area contributed by atoms with Crippen LogP contribution in [0.3, 0.4) is 0 Å². The minimum absolute atomic E-state index is 0.359. The molecule has 0 bridgehead atoms. The molecule has 6 nitrogen and oxygen atoms in total. The van der Waals surface area contributed by atoms with Crippen LogP contribution in [0.1, 0.15) is 78.6 Å². The topological polar surface area (TPSA) is 58.6 Å². The third-order valence-corrected chi connectivity index (χ3v) is 13.6. The molecule has 7 rings (SSSR count). The second-order valence-electron chi connectivity index (χ2n) is 14.6. The zero-order chi connectivity index (χ0) is 26.3. The van der Waals surface area contributed by atoms with E-state index in [-0.39, 0.29) is 0 Å². The molecule has 0 N–H and O–H groups in total. The lowest BCUT2D eigenvalue weighted by molar-refractivity contribution is -0.161. The average Bonchev–Trinajstić information content (AvgIpc) is 3.44. The van der Waals surface area contributed by atoms with Gasteiger partial charge in [0.15, 0.2) is 0 Å². The molecule has 38 heavy (non-hydrogen) atoms. The van der Waals surface area contributed by atoms with E-state index in [0.717, 1.165) is 55.7 Å². The highest BCUT2D eigenvalue weighted by atomic mass is 16.5. The Balaban J connectivity index is 1.01. The molecular formula is C32H48N4O2. The van der Waals surface area contributed by atoms with E-state index in [1.165, 1.54) is 51.4 Å². The van der Waals surface area contributed by atoms with E-state index in [1.54, 1.807) is 12.5 Å². The minimum atomic E-state index is 0.359. The van der Waals surface area contributed by atoms with Crippen LogP contribution in [-0.4, -0.2) is 60.2 Å². The number of piperazine rings is 1. The standard InChI is InChI=1S/C32H48N4O2/c1-21(17-29(37)36-15-13-35(14-16-36)28-9-12-33-20-34-28)24-5-6-25-23-18-27(38-4)32-19-22(32)7-11-31(32,3)26(23)8-10-30(24,25)2/h9,12,20-27H,5-8,10-11,13-19H2,1-4H3/t21-,22-,23+,24-,25+,26+,27-,30-,31-,32?/m1/s1. The molecule has 6 heteroatoms. The van der Waals surface area contributed by atoms with Gasteiger partial charge >= 0.3 is 0 Å². The fourth-order valence-electron chi connectivity index (χ4n) is 11.8. The number of carbonyl (C=O) groups excluding carboxylic acids is 1. The number of rotatable bonds is 5. The molecule has 10 atom stereocenters. The lowest BCUT2D eigenvalue weighted by atomic mass is 9.45. The summed E-state index contributed by atoms with van der Waals surface area (Å²) in [6, 6.07) is 1.96. The maximum Gasteiger partial charge on any atom is 0.222 e. The summed E-state index contributed by atoms with van der Waals surface area (Å²) in [6.45, 7) is 11.0. The number of nitrogens with zero attached hydrogens (tertiary/aromatic N) is 4. The number of amides is 1. The molecule has 5 aliphatic carbocycles. The second kappa shape index (κ2) is 8.91. The predicted molar refractivity (Wildman–Crippen MR) is 148 cm³/mol. The van der Waals surface area contributed by atoms with Crippen molar-refractivity contribution in [1.29, 1.82) is 0 Å². The van der Waals surface area contributed by atoms with Crippen molar-refractivity contribution in [2.75, 3.05) is 38.2 Å². The van der Waals surface area contributed by atoms with Gasteiger partial charge in [-0.25, -0.2) is 9.97 Å². The molecule has 0 aromatic carbocycles. The monoisotopic (exact) mass is 520 g/mol. The Bertz CT molecular complexity index is 1060. The van der Waals surface area contributed by atoms with Crippen molar-refractivity contribution in [3.05, 3.63) is 18.6 Å². The Labute approximate surface area is 229 Å². The Morgan fingerprint density at radius 3 is 2.63 bits per heavy atom. The lowest BCUT2D eigenvalue weighted by Gasteiger charge is -2.61. The molecule has 1 aliphatic heterocycles. The molecule has 1 amide bonds. The smallest absolute Gasteiger partial charge is 0.222 e. The maximum absolute atomic E-state index is 13.5. The summed E-state index contributed by atoms with van der Waals surface area (Å²) in [5.41, 5.74) is 1.38. The summed E-state index contributed by atoms with van der Waals surface area (Å²) in [4.78, 5) is 26.3. The van der Waals surface area contributed by atoms with Crippen LogP contribution in [0.5, 0.6) is 0 Å². The van der Waals surface area contributed by atoms with Gasteiger partial charge in [0.1, 0.15) is 12.1 Å². The zero-order valence-corrected chi connectivity index (χ0v) is 24.1. The first-order valence-electron chi connectivity index (χ1n) is 15.6. The Morgan fingerprint density at radius 2 is 1.92 bits per heavy atom. The summed E-state index contributed by atoms with van der Waals surface area (Å²) in [7, 11) is 1.99. The summed E-state index contributed by atoms with van der Waals surface area (Å²) in [5, 5.41) is 0. The number of fused-ring (bicyclic) bond motifs is 4. The number of hydrogen-bond acceptors (Lipinski definition) is 5. The third kappa shape index (κ3) is 3.43. The quantitative estimate of drug-likeness (QED) is 0.518. The predicted octanol–water partition coefficient (Wildman–Crippen LogP) is 5.44. The van der Waals surface area contributed by atoms with E-state index in [1.807, 2.05) is 13.2 Å². The molecule has 1 aromatic rings. The van der Waals surface area contributed by atoms with Crippen LogP contribution < -0.4 is 4.90 Å². The van der Waals surface area contributed by atoms with E-state index >= 15 is 0 Å². The van der Waals surface area contributed by atoms with Crippen molar-refractivity contribution in [3.8, 4) is 0 Å². The van der Waals surface area contributed by atoms with Crippen LogP contribution in [0.15, 0.2) is 18.6 Å². The number of aromatic nitrogens is 2. The van der Waals surface area contributed by atoms with Crippen molar-refractivity contribution < 1.29 is 9.53 Å². The fraction of sp³-hybridized carbons (Fsp3) is 0.844. The third-order valence-electron chi connectivity index (χ3n) is 13.6. The van der Waals surface area contributed by atoms with Gasteiger partial charge in [-0.3, -0.25) is 4.79 Å². The van der Waals surface area contributed by atoms with Crippen LogP contribution in [-0.2, 0) is 9.53 Å². The molecule has 1 saturated heterocycles. The first-order valence-corrected chi connectivity index (χ1v) is 15.6. The lowest BCUT2D eigenvalue weighted by Crippen LogP contribution is -2.57. The number of carbonyl (C=O) groups is 1. The largest absolute Gasteiger partial charge is 0.381 e. The average molecular weight is 521 g/mol. The van der Waals surface area contributed by atoms with Crippen LogP contribution in [0, 0.1) is 51.8 Å². The van der Waals surface area contributed by atoms with E-state index in [9.17, 15) is 4.79 Å². The molecule has 6 aliphatic rings. The highest BCUT2D eigenvalue weighted by molar-refractivity contribution is 5.76. The number of methoxy groups -OCH3 is 1. The van der Waals surface area contributed by atoms with E-state index in [4.69, 9.17) is 4.74 Å². The van der Waals surface area contributed by atoms with Crippen molar-refractivity contribution in [2.24, 2.45) is 51.8 Å². The molecule has 1 unspecified atom stereocenters. The van der Waals surface area contributed by atoms with Gasteiger partial charge in [-0.05, 0) is 104 Å². The van der Waals surface area contributed by atoms with Gasteiger partial charge in [-0.2, -0.15) is 0 Å². The van der Waals surface area contributed by atoms with Crippen molar-refractivity contribution in [1.82, 2.24) is 14.9 Å². The van der Waals surface area contributed by atoms with Gasteiger partial charge in [-0.15, -0.1) is 0 Å². The highest BCUT2D eigenvalue weighted by Gasteiger charge is 2.77. The SMILES string of the molecule is CO[C@@H]1C[C@H]2[C@@H]3CC[C@H]([C@H](C)CC(=O)N4CCN(c5ccncn5)CC4)[C@@]3(C)CC[C@@H]2[C@@]2(C)CC[C@@H]3CC312. The first kappa shape index (κ1) is 25.3. The second-order valence-corrected chi connectivity index (χ2v) is 14.6. The Kier molecular flexibility index (Phi) is 5.93. The fourth-order valence-corrected chi connectivity index (χ4v) is 11.8. The molecule has 6 fully saturated rings. The molecule has 2 heterocycles. The summed E-state index contributed by atoms with van der Waals surface area (Å²) >= 11 is 0. The van der Waals surface area contributed by atoms with Gasteiger partial charge in [0.25, 0.3) is 0 Å². The normalized spacial score (nSPS) is 46.1. The van der Waals surface area contributed by atoms with E-state index < -0.39 is 0 Å². The Morgan fingerprint density at radius 1 is 1.11 bits per heavy atom. The zero-order valence-electron chi connectivity index (χ0n) is 24.1.